The minimum absolute atomic E-state index is 0.272. The van der Waals surface area contributed by atoms with Gasteiger partial charge in [0.2, 0.25) is 0 Å². The van der Waals surface area contributed by atoms with Gasteiger partial charge < -0.3 is 9.17 Å². The maximum atomic E-state index is 11.8. The van der Waals surface area contributed by atoms with Crippen LogP contribution in [-0.4, -0.2) is 28.7 Å². The Labute approximate surface area is 136 Å². The molecular weight excluding hydrogens is 316 g/mol. The lowest BCUT2D eigenvalue weighted by Gasteiger charge is -2.31. The van der Waals surface area contributed by atoms with Crippen molar-refractivity contribution in [1.29, 1.82) is 0 Å². The zero-order chi connectivity index (χ0) is 17.0. The number of aromatic amines is 1. The van der Waals surface area contributed by atoms with Crippen molar-refractivity contribution in [1.82, 2.24) is 4.98 Å². The summed E-state index contributed by atoms with van der Waals surface area (Å²) in [6.45, 7) is 0. The molecule has 1 aromatic carbocycles. The van der Waals surface area contributed by atoms with Crippen molar-refractivity contribution >= 4 is 16.0 Å². The fourth-order valence-corrected chi connectivity index (χ4v) is 3.18. The summed E-state index contributed by atoms with van der Waals surface area (Å²) in [4.78, 5) is 24.7. The predicted molar refractivity (Wildman–Crippen MR) is 93.1 cm³/mol. The van der Waals surface area contributed by atoms with E-state index in [4.69, 9.17) is 4.18 Å². The Hall–Kier alpha value is -2.12. The van der Waals surface area contributed by atoms with Crippen molar-refractivity contribution < 1.29 is 9.11 Å². The highest BCUT2D eigenvalue weighted by molar-refractivity contribution is 8.28. The molecule has 2 rings (SSSR count). The van der Waals surface area contributed by atoms with Crippen molar-refractivity contribution in [3.63, 3.8) is 0 Å². The Kier molecular flexibility index (Phi) is 5.23. The Morgan fingerprint density at radius 3 is 2.43 bits per heavy atom. The van der Waals surface area contributed by atoms with Gasteiger partial charge in [0.25, 0.3) is 0 Å². The van der Waals surface area contributed by atoms with E-state index < -0.39 is 26.5 Å². The van der Waals surface area contributed by atoms with Crippen LogP contribution < -0.4 is 5.56 Å². The number of aromatic nitrogens is 1. The summed E-state index contributed by atoms with van der Waals surface area (Å²) in [7, 11) is -1.29. The second-order valence-corrected chi connectivity index (χ2v) is 9.50. The zero-order valence-corrected chi connectivity index (χ0v) is 14.1. The van der Waals surface area contributed by atoms with Crippen LogP contribution in [0, 0.1) is 10.1 Å². The fraction of sp³-hybridized carbons (Fsp3) is 0.312. The Bertz CT molecular complexity index is 738. The van der Waals surface area contributed by atoms with Gasteiger partial charge in [-0.2, -0.15) is 0 Å². The molecule has 0 saturated heterocycles. The molecule has 0 aliphatic carbocycles. The highest BCUT2D eigenvalue weighted by Gasteiger charge is 2.25. The molecule has 23 heavy (non-hydrogen) atoms. The summed E-state index contributed by atoms with van der Waals surface area (Å²) < 4.78 is 6.15. The van der Waals surface area contributed by atoms with Crippen molar-refractivity contribution in [3.8, 4) is 0 Å². The van der Waals surface area contributed by atoms with Crippen LogP contribution in [-0.2, 0) is 10.6 Å². The quantitative estimate of drug-likeness (QED) is 0.648. The molecule has 0 spiro atoms. The summed E-state index contributed by atoms with van der Waals surface area (Å²) >= 11 is 0. The lowest BCUT2D eigenvalue weighted by atomic mass is 10.0. The molecule has 0 saturated carbocycles. The van der Waals surface area contributed by atoms with E-state index in [0.717, 1.165) is 5.56 Å². The monoisotopic (exact) mass is 336 g/mol. The number of nitrogens with zero attached hydrogens (tertiary/aromatic N) is 1. The minimum atomic E-state index is -1.29. The van der Waals surface area contributed by atoms with E-state index in [0.29, 0.717) is 5.56 Å². The molecule has 1 heterocycles. The van der Waals surface area contributed by atoms with E-state index in [1.165, 1.54) is 6.20 Å². The van der Waals surface area contributed by atoms with Gasteiger partial charge in [0.05, 0.1) is 11.0 Å². The van der Waals surface area contributed by atoms with E-state index in [1.807, 2.05) is 49.1 Å². The number of pyridine rings is 1. The van der Waals surface area contributed by atoms with Crippen LogP contribution in [0.15, 0.2) is 47.4 Å². The molecule has 124 valence electrons. The number of H-pyrrole nitrogens is 1. The fourth-order valence-electron chi connectivity index (χ4n) is 2.30. The maximum Gasteiger partial charge on any atom is 0.337 e. The van der Waals surface area contributed by atoms with Gasteiger partial charge in [0.1, 0.15) is 0 Å². The van der Waals surface area contributed by atoms with E-state index in [1.54, 1.807) is 6.07 Å². The van der Waals surface area contributed by atoms with Gasteiger partial charge in [-0.25, -0.2) is 0 Å². The maximum absolute atomic E-state index is 11.8. The average Bonchev–Trinajstić information content (AvgIpc) is 2.46. The molecule has 0 aliphatic heterocycles. The lowest BCUT2D eigenvalue weighted by molar-refractivity contribution is -0.387. The largest absolute Gasteiger partial charge is 0.337 e. The van der Waals surface area contributed by atoms with Gasteiger partial charge in [0, 0.05) is 18.2 Å². The van der Waals surface area contributed by atoms with Crippen LogP contribution in [0.3, 0.4) is 0 Å². The first-order valence-electron chi connectivity index (χ1n) is 7.04. The van der Waals surface area contributed by atoms with Gasteiger partial charge in [-0.15, -0.1) is 10.3 Å². The van der Waals surface area contributed by atoms with Crippen LogP contribution in [0.2, 0.25) is 0 Å². The number of nitro groups is 1. The molecule has 1 N–H and O–H groups in total. The van der Waals surface area contributed by atoms with Crippen LogP contribution in [0.5, 0.6) is 0 Å². The predicted octanol–water partition coefficient (Wildman–Crippen LogP) is 3.19. The Morgan fingerprint density at radius 2 is 1.87 bits per heavy atom. The molecule has 0 amide bonds. The molecule has 7 heteroatoms. The second kappa shape index (κ2) is 6.97. The minimum Gasteiger partial charge on any atom is -0.329 e. The first kappa shape index (κ1) is 17.2. The molecule has 2 aromatic rings. The van der Waals surface area contributed by atoms with Crippen LogP contribution in [0.1, 0.15) is 17.2 Å². The van der Waals surface area contributed by atoms with Gasteiger partial charge >= 0.3 is 11.2 Å². The molecule has 6 nitrogen and oxygen atoms in total. The molecule has 0 radical (unpaired) electrons. The number of hydrogen-bond donors (Lipinski definition) is 1. The first-order chi connectivity index (χ1) is 10.8. The van der Waals surface area contributed by atoms with Crippen molar-refractivity contribution in [2.45, 2.75) is 12.5 Å². The van der Waals surface area contributed by atoms with E-state index in [9.17, 15) is 14.9 Å². The third-order valence-corrected chi connectivity index (χ3v) is 3.99. The number of hydrogen-bond acceptors (Lipinski definition) is 4. The third kappa shape index (κ3) is 4.67. The summed E-state index contributed by atoms with van der Waals surface area (Å²) in [5.41, 5.74) is 0.198. The second-order valence-electron chi connectivity index (χ2n) is 5.86. The summed E-state index contributed by atoms with van der Waals surface area (Å²) in [5.74, 6) is 0. The zero-order valence-electron chi connectivity index (χ0n) is 13.3. The molecule has 0 bridgehead atoms. The lowest BCUT2D eigenvalue weighted by Crippen LogP contribution is -2.17. The average molecular weight is 336 g/mol. The number of rotatable bonds is 6. The van der Waals surface area contributed by atoms with E-state index in [-0.39, 0.29) is 12.5 Å². The van der Waals surface area contributed by atoms with Crippen LogP contribution >= 0.6 is 10.3 Å². The Balaban J connectivity index is 2.41. The molecule has 0 fully saturated rings. The number of nitrogens with one attached hydrogen (secondary N) is 1. The molecule has 1 aromatic heterocycles. The highest BCUT2D eigenvalue weighted by atomic mass is 32.3. The Morgan fingerprint density at radius 1 is 1.22 bits per heavy atom. The van der Waals surface area contributed by atoms with E-state index >= 15 is 0 Å². The third-order valence-electron chi connectivity index (χ3n) is 3.18. The molecular formula is C16H20N2O4S. The van der Waals surface area contributed by atoms with Gasteiger partial charge in [0.15, 0.2) is 0 Å². The molecule has 0 aliphatic rings. The van der Waals surface area contributed by atoms with Crippen molar-refractivity contribution in [2.75, 3.05) is 18.8 Å². The topological polar surface area (TPSA) is 85.2 Å². The summed E-state index contributed by atoms with van der Waals surface area (Å²) in [5, 5.41) is 11.2. The van der Waals surface area contributed by atoms with Crippen LogP contribution in [0.25, 0.3) is 0 Å². The highest BCUT2D eigenvalue weighted by Crippen LogP contribution is 2.43. The molecule has 1 atom stereocenters. The first-order valence-corrected chi connectivity index (χ1v) is 9.82. The van der Waals surface area contributed by atoms with Crippen molar-refractivity contribution in [2.24, 2.45) is 0 Å². The molecule has 1 unspecified atom stereocenters. The number of benzene rings is 1. The summed E-state index contributed by atoms with van der Waals surface area (Å²) in [6, 6.07) is 11.1. The van der Waals surface area contributed by atoms with Crippen molar-refractivity contribution in [3.05, 3.63) is 74.2 Å². The van der Waals surface area contributed by atoms with Crippen LogP contribution in [0.4, 0.5) is 5.69 Å². The normalized spacial score (nSPS) is 13.5. The standard InChI is InChI=1S/C16H20N2O4S/c1-23(2,3)22-14(12-7-5-4-6-8-12)11-13-9-10-17-16(19)15(13)18(20)21/h4-10,14H,11H2,1-3H3,(H,17,19). The smallest absolute Gasteiger partial charge is 0.329 e. The SMILES string of the molecule is CS(C)(C)OC(Cc1cc[nH]c(=O)c1[N+](=O)[O-])c1ccccc1. The summed E-state index contributed by atoms with van der Waals surface area (Å²) in [6.07, 6.45) is 7.39. The van der Waals surface area contributed by atoms with Gasteiger partial charge in [-0.05, 0) is 30.4 Å². The van der Waals surface area contributed by atoms with E-state index in [2.05, 4.69) is 4.98 Å². The van der Waals surface area contributed by atoms with Gasteiger partial charge in [-0.3, -0.25) is 14.9 Å². The van der Waals surface area contributed by atoms with Gasteiger partial charge in [-0.1, -0.05) is 30.3 Å².